The molecule has 11 heteroatoms. The second-order valence-electron chi connectivity index (χ2n) is 11.4. The number of anilines is 1. The van der Waals surface area contributed by atoms with E-state index in [1.165, 1.54) is 0 Å². The van der Waals surface area contributed by atoms with Crippen LogP contribution in [-0.4, -0.2) is 44.6 Å². The van der Waals surface area contributed by atoms with Gasteiger partial charge >= 0.3 is 0 Å². The number of amides is 2. The predicted molar refractivity (Wildman–Crippen MR) is 171 cm³/mol. The lowest BCUT2D eigenvalue weighted by atomic mass is 9.81. The summed E-state index contributed by atoms with van der Waals surface area (Å²) in [7, 11) is 0. The van der Waals surface area contributed by atoms with Gasteiger partial charge in [0.15, 0.2) is 0 Å². The van der Waals surface area contributed by atoms with Crippen LogP contribution in [0.3, 0.4) is 0 Å². The van der Waals surface area contributed by atoms with Gasteiger partial charge in [0.25, 0.3) is 5.56 Å². The first-order chi connectivity index (χ1) is 20.3. The second kappa shape index (κ2) is 12.4. The maximum absolute atomic E-state index is 14.1. The van der Waals surface area contributed by atoms with Crippen molar-refractivity contribution in [3.05, 3.63) is 82.4 Å². The molecule has 0 spiro atoms. The number of aryl methyl sites for hydroxylation is 1. The molecule has 0 aliphatic heterocycles. The molecule has 2 amide bonds. The van der Waals surface area contributed by atoms with Crippen LogP contribution in [0.15, 0.2) is 65.7 Å². The Bertz CT molecular complexity index is 1820. The summed E-state index contributed by atoms with van der Waals surface area (Å²) in [5.74, 6) is -0.554. The van der Waals surface area contributed by atoms with Crippen molar-refractivity contribution >= 4 is 51.8 Å². The number of aromatic amines is 3. The van der Waals surface area contributed by atoms with Crippen LogP contribution in [0.1, 0.15) is 36.8 Å². The van der Waals surface area contributed by atoms with Crippen molar-refractivity contribution in [3.8, 4) is 11.1 Å². The lowest BCUT2D eigenvalue weighted by Gasteiger charge is -2.35. The fraction of sp³-hybridized carbons (Fsp3) is 0.312. The Morgan fingerprint density at radius 1 is 1.00 bits per heavy atom. The molecule has 6 rings (SSSR count). The van der Waals surface area contributed by atoms with E-state index in [-0.39, 0.29) is 36.2 Å². The van der Waals surface area contributed by atoms with E-state index in [0.29, 0.717) is 41.9 Å². The van der Waals surface area contributed by atoms with Crippen LogP contribution in [0, 0.1) is 18.8 Å². The molecule has 2 aromatic heterocycles. The molecular weight excluding hydrogens is 566 g/mol. The summed E-state index contributed by atoms with van der Waals surface area (Å²) < 4.78 is 0. The van der Waals surface area contributed by atoms with E-state index in [1.54, 1.807) is 29.4 Å². The minimum atomic E-state index is -0.916. The molecule has 224 valence electrons. The van der Waals surface area contributed by atoms with Gasteiger partial charge in [0.2, 0.25) is 11.8 Å². The first kappa shape index (κ1) is 30.1. The van der Waals surface area contributed by atoms with Gasteiger partial charge in [-0.2, -0.15) is 0 Å². The van der Waals surface area contributed by atoms with Crippen molar-refractivity contribution in [3.63, 3.8) is 0 Å². The van der Waals surface area contributed by atoms with Crippen LogP contribution in [0.2, 0.25) is 0 Å². The number of nitrogens with two attached hydrogens (primary N) is 2. The molecule has 0 unspecified atom stereocenters. The van der Waals surface area contributed by atoms with Gasteiger partial charge < -0.3 is 16.5 Å². The van der Waals surface area contributed by atoms with E-state index in [9.17, 15) is 14.4 Å². The van der Waals surface area contributed by atoms with E-state index >= 15 is 0 Å². The second-order valence-corrected chi connectivity index (χ2v) is 11.4. The van der Waals surface area contributed by atoms with E-state index in [0.717, 1.165) is 46.1 Å². The molecule has 5 aromatic rings. The lowest BCUT2D eigenvalue weighted by molar-refractivity contribution is -0.127. The Morgan fingerprint density at radius 3 is 2.44 bits per heavy atom. The van der Waals surface area contributed by atoms with Crippen molar-refractivity contribution in [1.82, 2.24) is 20.2 Å². The Labute approximate surface area is 254 Å². The molecule has 0 radical (unpaired) electrons. The maximum Gasteiger partial charge on any atom is 0.271 e. The number of halogens is 1. The van der Waals surface area contributed by atoms with Gasteiger partial charge in [0, 0.05) is 18.0 Å². The van der Waals surface area contributed by atoms with E-state index in [1.807, 2.05) is 24.3 Å². The fourth-order valence-corrected chi connectivity index (χ4v) is 6.24. The van der Waals surface area contributed by atoms with E-state index in [2.05, 4.69) is 39.2 Å². The number of imidazole rings is 1. The maximum atomic E-state index is 14.1. The fourth-order valence-electron chi connectivity index (χ4n) is 6.24. The van der Waals surface area contributed by atoms with Crippen molar-refractivity contribution < 1.29 is 9.59 Å². The summed E-state index contributed by atoms with van der Waals surface area (Å²) in [6, 6.07) is 16.3. The smallest absolute Gasteiger partial charge is 0.271 e. The van der Waals surface area contributed by atoms with Gasteiger partial charge in [-0.3, -0.25) is 29.5 Å². The number of primary amides is 1. The molecule has 3 aromatic carbocycles. The molecule has 1 aliphatic carbocycles. The average Bonchev–Trinajstić information content (AvgIpc) is 3.62. The first-order valence-electron chi connectivity index (χ1n) is 14.4. The van der Waals surface area contributed by atoms with Gasteiger partial charge in [-0.05, 0) is 97.7 Å². The molecule has 1 saturated carbocycles. The Morgan fingerprint density at radius 2 is 1.74 bits per heavy atom. The number of benzene rings is 3. The van der Waals surface area contributed by atoms with Crippen molar-refractivity contribution in [2.24, 2.45) is 23.3 Å². The number of H-pyrrole nitrogens is 3. The molecule has 7 N–H and O–H groups in total. The van der Waals surface area contributed by atoms with Crippen LogP contribution >= 0.6 is 12.4 Å². The topological polar surface area (TPSA) is 167 Å². The first-order valence-corrected chi connectivity index (χ1v) is 14.4. The highest BCUT2D eigenvalue weighted by molar-refractivity contribution is 6.03. The molecule has 0 bridgehead atoms. The van der Waals surface area contributed by atoms with Crippen LogP contribution in [0.5, 0.6) is 0 Å². The third kappa shape index (κ3) is 5.93. The minimum Gasteiger partial charge on any atom is -0.368 e. The number of carbonyl (C=O) groups is 2. The molecule has 1 atom stereocenters. The van der Waals surface area contributed by atoms with Gasteiger partial charge in [-0.1, -0.05) is 24.3 Å². The zero-order chi connectivity index (χ0) is 29.4. The van der Waals surface area contributed by atoms with Gasteiger partial charge in [0.05, 0.1) is 28.3 Å². The number of nitrogens with one attached hydrogen (secondary N) is 3. The molecule has 1 fully saturated rings. The van der Waals surface area contributed by atoms with Crippen LogP contribution < -0.4 is 21.9 Å². The monoisotopic (exact) mass is 601 g/mol. The van der Waals surface area contributed by atoms with E-state index in [4.69, 9.17) is 11.5 Å². The van der Waals surface area contributed by atoms with Crippen LogP contribution in [0.25, 0.3) is 33.1 Å². The number of hydrogen-bond donors (Lipinski definition) is 5. The minimum absolute atomic E-state index is 0. The third-order valence-electron chi connectivity index (χ3n) is 8.70. The van der Waals surface area contributed by atoms with Gasteiger partial charge in [0.1, 0.15) is 6.04 Å². The zero-order valence-electron chi connectivity index (χ0n) is 23.9. The summed E-state index contributed by atoms with van der Waals surface area (Å²) in [5, 5.41) is 5.91. The summed E-state index contributed by atoms with van der Waals surface area (Å²) in [6.07, 6.45) is 5.09. The normalized spacial score (nSPS) is 17.4. The predicted octanol–water partition coefficient (Wildman–Crippen LogP) is 4.32. The average molecular weight is 602 g/mol. The highest BCUT2D eigenvalue weighted by Crippen LogP contribution is 2.33. The number of hydrogen-bond acceptors (Lipinski definition) is 5. The van der Waals surface area contributed by atoms with Crippen LogP contribution in [-0.2, 0) is 16.0 Å². The molecule has 10 nitrogen and oxygen atoms in total. The largest absolute Gasteiger partial charge is 0.368 e. The summed E-state index contributed by atoms with van der Waals surface area (Å²) in [5.41, 5.74) is 18.7. The quantitative estimate of drug-likeness (QED) is 0.178. The number of fused-ring (bicyclic) bond motifs is 2. The van der Waals surface area contributed by atoms with Crippen molar-refractivity contribution in [1.29, 1.82) is 0 Å². The number of carbonyl (C=O) groups excluding carboxylic acids is 2. The number of rotatable bonds is 8. The standard InChI is InChI=1S/C32H35N7O3.ClH/c1-18-12-27-28(36-17-35-27)15-25(18)21-6-2-19(3-7-21)13-29(30(34)40)39(32(42)22-8-4-20(16-33)5-9-22)23-10-11-24-26(14-23)37-38-31(24)41;/h2-3,6-7,10-12,14-15,17,20,22,29H,4-5,8-9,13,16,33H2,1H3,(H2,34,40)(H,35,36)(H2,37,38,41);1H/t20?,22?,29-;/m0./s1. The molecule has 43 heavy (non-hydrogen) atoms. The summed E-state index contributed by atoms with van der Waals surface area (Å²) >= 11 is 0. The Hall–Kier alpha value is -4.41. The van der Waals surface area contributed by atoms with Gasteiger partial charge in [-0.15, -0.1) is 12.4 Å². The zero-order valence-corrected chi connectivity index (χ0v) is 24.7. The highest BCUT2D eigenvalue weighted by Gasteiger charge is 2.36. The number of nitrogens with zero attached hydrogens (tertiary/aromatic N) is 2. The molecular formula is C32H36ClN7O3. The third-order valence-corrected chi connectivity index (χ3v) is 8.70. The van der Waals surface area contributed by atoms with Gasteiger partial charge in [-0.25, -0.2) is 4.98 Å². The lowest BCUT2D eigenvalue weighted by Crippen LogP contribution is -2.52. The van der Waals surface area contributed by atoms with E-state index < -0.39 is 11.9 Å². The molecule has 1 aliphatic rings. The summed E-state index contributed by atoms with van der Waals surface area (Å²) in [6.45, 7) is 2.67. The highest BCUT2D eigenvalue weighted by atomic mass is 35.5. The number of aromatic nitrogens is 4. The van der Waals surface area contributed by atoms with Crippen molar-refractivity contribution in [2.45, 2.75) is 45.1 Å². The Balaban J connectivity index is 0.00000368. The van der Waals surface area contributed by atoms with Crippen LogP contribution in [0.4, 0.5) is 5.69 Å². The van der Waals surface area contributed by atoms with Crippen molar-refractivity contribution in [2.75, 3.05) is 11.4 Å². The Kier molecular flexibility index (Phi) is 8.70. The molecule has 2 heterocycles. The SMILES string of the molecule is Cc1cc2[nH]cnc2cc1-c1ccc(C[C@@H](C(N)=O)N(C(=O)C2CCC(CN)CC2)c2ccc3c(=O)[nH][nH]c3c2)cc1.Cl. The summed E-state index contributed by atoms with van der Waals surface area (Å²) in [4.78, 5) is 48.4. The molecule has 0 saturated heterocycles.